The molecule has 0 unspecified atom stereocenters. The Labute approximate surface area is 309 Å². The second-order valence-corrected chi connectivity index (χ2v) is 15.9. The van der Waals surface area contributed by atoms with Crippen molar-refractivity contribution in [1.29, 1.82) is 0 Å². The Bertz CT molecular complexity index is 2920. The van der Waals surface area contributed by atoms with E-state index in [1.807, 2.05) is 11.3 Å². The highest BCUT2D eigenvalue weighted by Gasteiger charge is 2.36. The molecule has 0 saturated heterocycles. The lowest BCUT2D eigenvalue weighted by Crippen LogP contribution is -2.14. The molecule has 0 saturated carbocycles. The van der Waals surface area contributed by atoms with E-state index < -0.39 is 0 Å². The van der Waals surface area contributed by atoms with Crippen molar-refractivity contribution >= 4 is 69.4 Å². The van der Waals surface area contributed by atoms with Gasteiger partial charge in [-0.2, -0.15) is 0 Å². The van der Waals surface area contributed by atoms with Crippen molar-refractivity contribution < 1.29 is 0 Å². The summed E-state index contributed by atoms with van der Waals surface area (Å²) in [7, 11) is 0. The predicted octanol–water partition coefficient (Wildman–Crippen LogP) is 15.1. The smallest absolute Gasteiger partial charge is 0.0361 e. The Kier molecular flexibility index (Phi) is 6.94. The fraction of sp³-hybridized carbons (Fsp3) is 0.0980. The summed E-state index contributed by atoms with van der Waals surface area (Å²) in [5, 5.41) is 10.6. The average Bonchev–Trinajstić information content (AvgIpc) is 3.67. The maximum atomic E-state index is 2.49. The molecule has 1 aliphatic rings. The van der Waals surface area contributed by atoms with Crippen molar-refractivity contribution in [2.24, 2.45) is 0 Å². The van der Waals surface area contributed by atoms with Gasteiger partial charge in [-0.25, -0.2) is 0 Å². The molecule has 0 atom stereocenters. The molecule has 9 aromatic rings. The number of allylic oxidation sites excluding steroid dienone is 4. The van der Waals surface area contributed by atoms with Crippen molar-refractivity contribution in [2.45, 2.75) is 33.1 Å². The normalized spacial score (nSPS) is 14.0. The van der Waals surface area contributed by atoms with Gasteiger partial charge in [-0.05, 0) is 132 Å². The molecule has 0 spiro atoms. The fourth-order valence-electron chi connectivity index (χ4n) is 8.99. The fourth-order valence-corrected chi connectivity index (χ4v) is 10.1. The Morgan fingerprint density at radius 1 is 0.538 bits per heavy atom. The van der Waals surface area contributed by atoms with E-state index in [0.29, 0.717) is 0 Å². The summed E-state index contributed by atoms with van der Waals surface area (Å²) in [5.41, 5.74) is 13.1. The van der Waals surface area contributed by atoms with Crippen LogP contribution in [-0.4, -0.2) is 0 Å². The van der Waals surface area contributed by atoms with E-state index in [1.165, 1.54) is 108 Å². The van der Waals surface area contributed by atoms with E-state index in [2.05, 4.69) is 185 Å². The summed E-state index contributed by atoms with van der Waals surface area (Å²) in [6, 6.07) is 52.6. The largest absolute Gasteiger partial charge is 0.135 e. The lowest BCUT2D eigenvalue weighted by atomic mass is 9.81. The number of benzene rings is 8. The van der Waals surface area contributed by atoms with Gasteiger partial charge in [-0.15, -0.1) is 11.3 Å². The maximum absolute atomic E-state index is 2.49. The lowest BCUT2D eigenvalue weighted by molar-refractivity contribution is 0.661. The van der Waals surface area contributed by atoms with Crippen molar-refractivity contribution in [3.8, 4) is 33.4 Å². The SMILES string of the molecule is C/C=C\C=C(/C)c1c2ccccc2c(-c2ccc(-c3ccc4c(c3)-c3cc5c(ccc6sc7ccccc7c65)cc3C4(C)C)cc2)c2ccccc12. The van der Waals surface area contributed by atoms with E-state index in [0.717, 1.165) is 0 Å². The second-order valence-electron chi connectivity index (χ2n) is 14.8. The lowest BCUT2D eigenvalue weighted by Gasteiger charge is -2.22. The number of rotatable bonds is 4. The molecule has 0 fully saturated rings. The van der Waals surface area contributed by atoms with E-state index in [9.17, 15) is 0 Å². The Morgan fingerprint density at radius 3 is 1.87 bits per heavy atom. The van der Waals surface area contributed by atoms with Crippen LogP contribution in [0.1, 0.15) is 44.4 Å². The molecule has 1 heteroatoms. The highest BCUT2D eigenvalue weighted by atomic mass is 32.1. The second kappa shape index (κ2) is 11.6. The highest BCUT2D eigenvalue weighted by molar-refractivity contribution is 7.26. The molecule has 10 rings (SSSR count). The zero-order valence-corrected chi connectivity index (χ0v) is 30.7. The van der Waals surface area contributed by atoms with Gasteiger partial charge in [0, 0.05) is 25.6 Å². The summed E-state index contributed by atoms with van der Waals surface area (Å²) in [6.45, 7) is 9.06. The van der Waals surface area contributed by atoms with Crippen LogP contribution in [0.5, 0.6) is 0 Å². The molecule has 8 aromatic carbocycles. The third kappa shape index (κ3) is 4.52. The maximum Gasteiger partial charge on any atom is 0.0361 e. The van der Waals surface area contributed by atoms with Crippen LogP contribution in [0, 0.1) is 0 Å². The van der Waals surface area contributed by atoms with Crippen LogP contribution in [0.25, 0.3) is 91.4 Å². The van der Waals surface area contributed by atoms with Crippen molar-refractivity contribution in [3.63, 3.8) is 0 Å². The standard InChI is InChI=1S/C51H38S/c1-5-6-13-31(2)48-36-14-7-9-16-38(36)49(39-17-10-8-15-37(39)48)33-22-20-32(21-23-33)34-24-26-44-42(28-34)43-30-41-35(29-45(43)51(44,3)4)25-27-47-50(41)40-18-11-12-19-46(40)52-47/h5-30H,1-4H3/b6-5-,31-13+. The Hall–Kier alpha value is -5.76. The first-order valence-electron chi connectivity index (χ1n) is 18.3. The zero-order chi connectivity index (χ0) is 35.1. The van der Waals surface area contributed by atoms with Crippen LogP contribution in [-0.2, 0) is 5.41 Å². The number of thiophene rings is 1. The molecule has 0 aliphatic heterocycles. The molecule has 248 valence electrons. The van der Waals surface area contributed by atoms with E-state index >= 15 is 0 Å². The van der Waals surface area contributed by atoms with Crippen LogP contribution in [0.3, 0.4) is 0 Å². The molecule has 52 heavy (non-hydrogen) atoms. The molecular formula is C51H38S. The van der Waals surface area contributed by atoms with Crippen molar-refractivity contribution in [3.05, 3.63) is 174 Å². The molecule has 0 amide bonds. The van der Waals surface area contributed by atoms with Gasteiger partial charge in [0.1, 0.15) is 0 Å². The van der Waals surface area contributed by atoms with Gasteiger partial charge < -0.3 is 0 Å². The van der Waals surface area contributed by atoms with Gasteiger partial charge in [0.2, 0.25) is 0 Å². The van der Waals surface area contributed by atoms with Gasteiger partial charge in [-0.3, -0.25) is 0 Å². The van der Waals surface area contributed by atoms with E-state index in [4.69, 9.17) is 0 Å². The van der Waals surface area contributed by atoms with E-state index in [1.54, 1.807) is 0 Å². The summed E-state index contributed by atoms with van der Waals surface area (Å²) in [6.07, 6.45) is 6.46. The van der Waals surface area contributed by atoms with Crippen LogP contribution >= 0.6 is 11.3 Å². The molecule has 1 aliphatic carbocycles. The third-order valence-electron chi connectivity index (χ3n) is 11.5. The summed E-state index contributed by atoms with van der Waals surface area (Å²) >= 11 is 1.89. The molecule has 0 N–H and O–H groups in total. The van der Waals surface area contributed by atoms with Crippen LogP contribution < -0.4 is 0 Å². The van der Waals surface area contributed by atoms with Gasteiger partial charge in [-0.1, -0.05) is 141 Å². The van der Waals surface area contributed by atoms with Gasteiger partial charge in [0.25, 0.3) is 0 Å². The van der Waals surface area contributed by atoms with Gasteiger partial charge >= 0.3 is 0 Å². The topological polar surface area (TPSA) is 0 Å². The summed E-state index contributed by atoms with van der Waals surface area (Å²) in [5.74, 6) is 0. The molecular weight excluding hydrogens is 645 g/mol. The molecule has 0 nitrogen and oxygen atoms in total. The number of hydrogen-bond donors (Lipinski definition) is 0. The van der Waals surface area contributed by atoms with Gasteiger partial charge in [0.15, 0.2) is 0 Å². The van der Waals surface area contributed by atoms with Crippen LogP contribution in [0.2, 0.25) is 0 Å². The molecule has 1 aromatic heterocycles. The minimum Gasteiger partial charge on any atom is -0.135 e. The zero-order valence-electron chi connectivity index (χ0n) is 29.9. The third-order valence-corrected chi connectivity index (χ3v) is 12.7. The Balaban J connectivity index is 1.11. The van der Waals surface area contributed by atoms with Crippen LogP contribution in [0.15, 0.2) is 158 Å². The van der Waals surface area contributed by atoms with Gasteiger partial charge in [0.05, 0.1) is 0 Å². The monoisotopic (exact) mass is 682 g/mol. The first-order valence-corrected chi connectivity index (χ1v) is 19.1. The van der Waals surface area contributed by atoms with E-state index in [-0.39, 0.29) is 5.41 Å². The van der Waals surface area contributed by atoms with Crippen molar-refractivity contribution in [1.82, 2.24) is 0 Å². The van der Waals surface area contributed by atoms with Crippen molar-refractivity contribution in [2.75, 3.05) is 0 Å². The highest BCUT2D eigenvalue weighted by Crippen LogP contribution is 2.52. The molecule has 1 heterocycles. The summed E-state index contributed by atoms with van der Waals surface area (Å²) < 4.78 is 2.71. The minimum absolute atomic E-state index is 0.0679. The average molecular weight is 683 g/mol. The minimum atomic E-state index is -0.0679. The predicted molar refractivity (Wildman–Crippen MR) is 229 cm³/mol. The molecule has 0 bridgehead atoms. The quantitative estimate of drug-likeness (QED) is 0.128. The van der Waals surface area contributed by atoms with Crippen LogP contribution in [0.4, 0.5) is 0 Å². The Morgan fingerprint density at radius 2 is 1.15 bits per heavy atom. The first-order chi connectivity index (χ1) is 25.4. The number of fused-ring (bicyclic) bond motifs is 10. The number of hydrogen-bond acceptors (Lipinski definition) is 1. The molecule has 0 radical (unpaired) electrons. The first kappa shape index (κ1) is 31.0. The summed E-state index contributed by atoms with van der Waals surface area (Å²) in [4.78, 5) is 0.